The Labute approximate surface area is 92.4 Å². The van der Waals surface area contributed by atoms with Gasteiger partial charge in [-0.2, -0.15) is 0 Å². The standard InChI is InChI=1S/C13H22O2/c1-10(11(2)14)12-5-8-15-13(9-12)6-3-4-7-13/h10,12H,3-9H2,1-2H3. The predicted octanol–water partition coefficient (Wildman–Crippen LogP) is 2.95. The van der Waals surface area contributed by atoms with E-state index in [1.807, 2.05) is 0 Å². The van der Waals surface area contributed by atoms with Crippen LogP contribution >= 0.6 is 0 Å². The topological polar surface area (TPSA) is 26.3 Å². The number of Topliss-reactive ketones (excluding diaryl/α,β-unsaturated/α-hetero) is 1. The second kappa shape index (κ2) is 4.25. The number of carbonyl (C=O) groups excluding carboxylic acids is 1. The second-order valence-corrected chi connectivity index (χ2v) is 5.39. The third-order valence-corrected chi connectivity index (χ3v) is 4.39. The van der Waals surface area contributed by atoms with Gasteiger partial charge < -0.3 is 4.74 Å². The maximum absolute atomic E-state index is 11.4. The maximum atomic E-state index is 11.4. The minimum atomic E-state index is 0.159. The van der Waals surface area contributed by atoms with Gasteiger partial charge in [0.25, 0.3) is 0 Å². The van der Waals surface area contributed by atoms with Crippen LogP contribution in [0.5, 0.6) is 0 Å². The largest absolute Gasteiger partial charge is 0.375 e. The molecule has 0 aromatic rings. The highest BCUT2D eigenvalue weighted by Gasteiger charge is 2.41. The fourth-order valence-corrected chi connectivity index (χ4v) is 3.19. The summed E-state index contributed by atoms with van der Waals surface area (Å²) in [5.74, 6) is 1.13. The van der Waals surface area contributed by atoms with Gasteiger partial charge in [-0.1, -0.05) is 19.8 Å². The van der Waals surface area contributed by atoms with Gasteiger partial charge in [0.1, 0.15) is 5.78 Å². The zero-order valence-corrected chi connectivity index (χ0v) is 9.92. The van der Waals surface area contributed by atoms with Gasteiger partial charge in [0.2, 0.25) is 0 Å². The summed E-state index contributed by atoms with van der Waals surface area (Å²) in [5, 5.41) is 0. The van der Waals surface area contributed by atoms with E-state index in [-0.39, 0.29) is 11.5 Å². The van der Waals surface area contributed by atoms with Gasteiger partial charge in [-0.05, 0) is 38.5 Å². The molecule has 15 heavy (non-hydrogen) atoms. The summed E-state index contributed by atoms with van der Waals surface area (Å²) in [6, 6.07) is 0. The molecule has 2 fully saturated rings. The van der Waals surface area contributed by atoms with E-state index in [0.29, 0.717) is 11.7 Å². The van der Waals surface area contributed by atoms with Gasteiger partial charge in [-0.25, -0.2) is 0 Å². The summed E-state index contributed by atoms with van der Waals surface area (Å²) in [7, 11) is 0. The van der Waals surface area contributed by atoms with E-state index in [4.69, 9.17) is 4.74 Å². The fraction of sp³-hybridized carbons (Fsp3) is 0.923. The number of ketones is 1. The Morgan fingerprint density at radius 1 is 1.40 bits per heavy atom. The molecule has 1 heterocycles. The second-order valence-electron chi connectivity index (χ2n) is 5.39. The zero-order valence-electron chi connectivity index (χ0n) is 9.92. The highest BCUT2D eigenvalue weighted by atomic mass is 16.5. The van der Waals surface area contributed by atoms with Gasteiger partial charge in [-0.3, -0.25) is 4.79 Å². The molecule has 0 aromatic carbocycles. The quantitative estimate of drug-likeness (QED) is 0.700. The third kappa shape index (κ3) is 2.25. The van der Waals surface area contributed by atoms with E-state index < -0.39 is 0 Å². The average Bonchev–Trinajstić information content (AvgIpc) is 2.65. The van der Waals surface area contributed by atoms with Crippen LogP contribution < -0.4 is 0 Å². The van der Waals surface area contributed by atoms with Crippen molar-refractivity contribution in [3.8, 4) is 0 Å². The van der Waals surface area contributed by atoms with Crippen molar-refractivity contribution in [2.24, 2.45) is 11.8 Å². The van der Waals surface area contributed by atoms with E-state index in [0.717, 1.165) is 19.4 Å². The lowest BCUT2D eigenvalue weighted by Gasteiger charge is -2.40. The van der Waals surface area contributed by atoms with Crippen molar-refractivity contribution in [3.05, 3.63) is 0 Å². The van der Waals surface area contributed by atoms with Gasteiger partial charge in [0.15, 0.2) is 0 Å². The predicted molar refractivity (Wildman–Crippen MR) is 59.7 cm³/mol. The van der Waals surface area contributed by atoms with Gasteiger partial charge >= 0.3 is 0 Å². The lowest BCUT2D eigenvalue weighted by molar-refractivity contribution is -0.129. The Kier molecular flexibility index (Phi) is 3.15. The van der Waals surface area contributed by atoms with E-state index in [1.165, 1.54) is 25.7 Å². The summed E-state index contributed by atoms with van der Waals surface area (Å²) >= 11 is 0. The molecule has 1 aliphatic heterocycles. The number of hydrogen-bond acceptors (Lipinski definition) is 2. The van der Waals surface area contributed by atoms with E-state index >= 15 is 0 Å². The van der Waals surface area contributed by atoms with Crippen molar-refractivity contribution in [3.63, 3.8) is 0 Å². The number of carbonyl (C=O) groups is 1. The van der Waals surface area contributed by atoms with E-state index in [2.05, 4.69) is 6.92 Å². The van der Waals surface area contributed by atoms with Crippen LogP contribution in [0.3, 0.4) is 0 Å². The summed E-state index contributed by atoms with van der Waals surface area (Å²) in [5.41, 5.74) is 0.159. The molecule has 1 saturated heterocycles. The van der Waals surface area contributed by atoms with Crippen molar-refractivity contribution in [2.75, 3.05) is 6.61 Å². The SMILES string of the molecule is CC(=O)C(C)C1CCOC2(CCCC2)C1. The van der Waals surface area contributed by atoms with Crippen LogP contribution in [-0.2, 0) is 9.53 Å². The molecule has 2 atom stereocenters. The number of ether oxygens (including phenoxy) is 1. The fourth-order valence-electron chi connectivity index (χ4n) is 3.19. The minimum absolute atomic E-state index is 0.159. The average molecular weight is 210 g/mol. The highest BCUT2D eigenvalue weighted by Crippen LogP contribution is 2.43. The molecule has 2 nitrogen and oxygen atoms in total. The van der Waals surface area contributed by atoms with Crippen molar-refractivity contribution >= 4 is 5.78 Å². The lowest BCUT2D eigenvalue weighted by Crippen LogP contribution is -2.40. The molecular weight excluding hydrogens is 188 g/mol. The third-order valence-electron chi connectivity index (χ3n) is 4.39. The van der Waals surface area contributed by atoms with Crippen molar-refractivity contribution in [2.45, 2.75) is 58.0 Å². The Hall–Kier alpha value is -0.370. The van der Waals surface area contributed by atoms with Gasteiger partial charge in [0.05, 0.1) is 5.60 Å². The molecule has 0 amide bonds. The normalized spacial score (nSPS) is 31.7. The maximum Gasteiger partial charge on any atom is 0.132 e. The minimum Gasteiger partial charge on any atom is -0.375 e. The Balaban J connectivity index is 2.00. The molecule has 0 aromatic heterocycles. The Morgan fingerprint density at radius 3 is 2.67 bits per heavy atom. The van der Waals surface area contributed by atoms with Crippen LogP contribution in [-0.4, -0.2) is 18.0 Å². The molecule has 2 unspecified atom stereocenters. The highest BCUT2D eigenvalue weighted by molar-refractivity contribution is 5.78. The molecule has 1 saturated carbocycles. The van der Waals surface area contributed by atoms with Crippen molar-refractivity contribution < 1.29 is 9.53 Å². The molecule has 1 spiro atoms. The molecule has 0 bridgehead atoms. The van der Waals surface area contributed by atoms with Crippen LogP contribution in [0.1, 0.15) is 52.4 Å². The summed E-state index contributed by atoms with van der Waals surface area (Å²) in [6.45, 7) is 4.67. The van der Waals surface area contributed by atoms with Crippen LogP contribution in [0, 0.1) is 11.8 Å². The Bertz CT molecular complexity index is 241. The van der Waals surface area contributed by atoms with Gasteiger partial charge in [-0.15, -0.1) is 0 Å². The first-order valence-electron chi connectivity index (χ1n) is 6.27. The molecule has 2 heteroatoms. The van der Waals surface area contributed by atoms with Crippen LogP contribution in [0.25, 0.3) is 0 Å². The first-order chi connectivity index (χ1) is 7.13. The van der Waals surface area contributed by atoms with Crippen LogP contribution in [0.2, 0.25) is 0 Å². The van der Waals surface area contributed by atoms with Crippen LogP contribution in [0.4, 0.5) is 0 Å². The molecule has 0 radical (unpaired) electrons. The molecule has 2 aliphatic rings. The number of rotatable bonds is 2. The lowest BCUT2D eigenvalue weighted by atomic mass is 9.77. The van der Waals surface area contributed by atoms with E-state index in [1.54, 1.807) is 6.92 Å². The van der Waals surface area contributed by atoms with Crippen LogP contribution in [0.15, 0.2) is 0 Å². The van der Waals surface area contributed by atoms with Crippen molar-refractivity contribution in [1.29, 1.82) is 0 Å². The summed E-state index contributed by atoms with van der Waals surface area (Å²) in [4.78, 5) is 11.4. The smallest absolute Gasteiger partial charge is 0.132 e. The van der Waals surface area contributed by atoms with Gasteiger partial charge in [0, 0.05) is 12.5 Å². The molecule has 2 rings (SSSR count). The molecule has 1 aliphatic carbocycles. The molecule has 0 N–H and O–H groups in total. The van der Waals surface area contributed by atoms with E-state index in [9.17, 15) is 4.79 Å². The summed E-state index contributed by atoms with van der Waals surface area (Å²) in [6.07, 6.45) is 7.24. The molecule has 86 valence electrons. The molecular formula is C13H22O2. The Morgan fingerprint density at radius 2 is 2.07 bits per heavy atom. The zero-order chi connectivity index (χ0) is 10.9. The van der Waals surface area contributed by atoms with Crippen molar-refractivity contribution in [1.82, 2.24) is 0 Å². The number of hydrogen-bond donors (Lipinski definition) is 0. The first kappa shape index (κ1) is 11.1. The first-order valence-corrected chi connectivity index (χ1v) is 6.27. The summed E-state index contributed by atoms with van der Waals surface area (Å²) < 4.78 is 5.98. The monoisotopic (exact) mass is 210 g/mol.